The van der Waals surface area contributed by atoms with Crippen LogP contribution >= 0.6 is 15.9 Å². The molecule has 1 aliphatic carbocycles. The van der Waals surface area contributed by atoms with Gasteiger partial charge in [-0.25, -0.2) is 0 Å². The molecule has 1 atom stereocenters. The van der Waals surface area contributed by atoms with Gasteiger partial charge in [0.1, 0.15) is 0 Å². The van der Waals surface area contributed by atoms with Crippen LogP contribution in [0.2, 0.25) is 0 Å². The molecule has 0 fully saturated rings. The number of benzene rings is 1. The van der Waals surface area contributed by atoms with Crippen molar-refractivity contribution in [2.24, 2.45) is 0 Å². The van der Waals surface area contributed by atoms with E-state index in [4.69, 9.17) is 18.9 Å². The first-order valence-corrected chi connectivity index (χ1v) is 7.12. The average molecular weight is 357 g/mol. The van der Waals surface area contributed by atoms with E-state index < -0.39 is 0 Å². The third kappa shape index (κ3) is 2.78. The molecule has 0 N–H and O–H groups in total. The zero-order chi connectivity index (χ0) is 15.6. The third-order valence-electron chi connectivity index (χ3n) is 3.41. The van der Waals surface area contributed by atoms with Crippen LogP contribution in [0.3, 0.4) is 0 Å². The molecule has 2 rings (SSSR count). The van der Waals surface area contributed by atoms with Crippen LogP contribution in [0.4, 0.5) is 0 Å². The van der Waals surface area contributed by atoms with Gasteiger partial charge in [0.2, 0.25) is 5.75 Å². The Kier molecular flexibility index (Phi) is 4.90. The van der Waals surface area contributed by atoms with Crippen molar-refractivity contribution in [2.75, 3.05) is 28.4 Å². The lowest BCUT2D eigenvalue weighted by atomic mass is 10.0. The van der Waals surface area contributed by atoms with Crippen LogP contribution in [0.1, 0.15) is 22.3 Å². The largest absolute Gasteiger partial charge is 0.493 e. The van der Waals surface area contributed by atoms with Crippen molar-refractivity contribution in [2.45, 2.75) is 12.5 Å². The normalized spacial score (nSPS) is 17.7. The second-order valence-electron chi connectivity index (χ2n) is 4.49. The zero-order valence-corrected chi connectivity index (χ0v) is 13.9. The molecular weight excluding hydrogens is 340 g/mol. The van der Waals surface area contributed by atoms with Crippen molar-refractivity contribution in [1.82, 2.24) is 0 Å². The second kappa shape index (κ2) is 6.49. The van der Waals surface area contributed by atoms with E-state index in [2.05, 4.69) is 15.9 Å². The fourth-order valence-electron chi connectivity index (χ4n) is 2.36. The third-order valence-corrected chi connectivity index (χ3v) is 4.15. The van der Waals surface area contributed by atoms with E-state index in [0.29, 0.717) is 28.4 Å². The average Bonchev–Trinajstić information content (AvgIpc) is 2.61. The molecule has 0 amide bonds. The van der Waals surface area contributed by atoms with Gasteiger partial charge in [-0.05, 0) is 12.1 Å². The molecule has 0 saturated carbocycles. The molecule has 1 aromatic rings. The summed E-state index contributed by atoms with van der Waals surface area (Å²) in [5, 5.41) is 0. The predicted molar refractivity (Wildman–Crippen MR) is 82.7 cm³/mol. The van der Waals surface area contributed by atoms with Crippen LogP contribution in [0, 0.1) is 0 Å². The molecule has 1 aliphatic rings. The standard InChI is InChI=1S/C15H17BrO5/c1-18-12-7-11(17)8-6-13(19-2)15(21-4)14(20-3)9(8)5-10(12)16/h5-6,12H,7H2,1-4H3. The molecule has 6 heteroatoms. The Morgan fingerprint density at radius 2 is 1.76 bits per heavy atom. The minimum Gasteiger partial charge on any atom is -0.493 e. The second-order valence-corrected chi connectivity index (χ2v) is 5.40. The molecule has 0 bridgehead atoms. The summed E-state index contributed by atoms with van der Waals surface area (Å²) >= 11 is 3.46. The van der Waals surface area contributed by atoms with Gasteiger partial charge in [-0.1, -0.05) is 15.9 Å². The molecule has 0 aliphatic heterocycles. The van der Waals surface area contributed by atoms with Crippen LogP contribution < -0.4 is 14.2 Å². The Bertz CT molecular complexity index is 594. The van der Waals surface area contributed by atoms with Gasteiger partial charge in [-0.2, -0.15) is 0 Å². The Morgan fingerprint density at radius 3 is 2.29 bits per heavy atom. The lowest BCUT2D eigenvalue weighted by molar-refractivity contribution is 0.0851. The molecule has 0 spiro atoms. The number of ether oxygens (including phenoxy) is 4. The Balaban J connectivity index is 2.74. The Morgan fingerprint density at radius 1 is 1.10 bits per heavy atom. The first kappa shape index (κ1) is 15.9. The maximum absolute atomic E-state index is 12.5. The van der Waals surface area contributed by atoms with E-state index in [9.17, 15) is 4.79 Å². The quantitative estimate of drug-likeness (QED) is 0.829. The fourth-order valence-corrected chi connectivity index (χ4v) is 2.93. The van der Waals surface area contributed by atoms with Crippen LogP contribution in [-0.2, 0) is 4.74 Å². The SMILES string of the molecule is COc1cc2c(c(OC)c1OC)C=C(Br)C(OC)CC2=O. The number of carbonyl (C=O) groups excluding carboxylic acids is 1. The summed E-state index contributed by atoms with van der Waals surface area (Å²) in [7, 11) is 6.15. The highest BCUT2D eigenvalue weighted by Gasteiger charge is 2.29. The highest BCUT2D eigenvalue weighted by atomic mass is 79.9. The van der Waals surface area contributed by atoms with Crippen molar-refractivity contribution in [3.05, 3.63) is 21.7 Å². The number of fused-ring (bicyclic) bond motifs is 1. The number of hydrogen-bond acceptors (Lipinski definition) is 5. The van der Waals surface area contributed by atoms with E-state index in [1.165, 1.54) is 21.3 Å². The van der Waals surface area contributed by atoms with Crippen molar-refractivity contribution in [3.8, 4) is 17.2 Å². The summed E-state index contributed by atoms with van der Waals surface area (Å²) < 4.78 is 22.2. The summed E-state index contributed by atoms with van der Waals surface area (Å²) in [6.45, 7) is 0. The van der Waals surface area contributed by atoms with Gasteiger partial charge in [0.05, 0.1) is 27.4 Å². The summed E-state index contributed by atoms with van der Waals surface area (Å²) in [6, 6.07) is 1.67. The maximum Gasteiger partial charge on any atom is 0.203 e. The van der Waals surface area contributed by atoms with Gasteiger partial charge in [-0.15, -0.1) is 0 Å². The van der Waals surface area contributed by atoms with Gasteiger partial charge in [0, 0.05) is 29.1 Å². The first-order valence-electron chi connectivity index (χ1n) is 6.33. The van der Waals surface area contributed by atoms with E-state index in [-0.39, 0.29) is 18.3 Å². The van der Waals surface area contributed by atoms with Crippen molar-refractivity contribution in [1.29, 1.82) is 0 Å². The number of hydrogen-bond donors (Lipinski definition) is 0. The van der Waals surface area contributed by atoms with Gasteiger partial charge in [-0.3, -0.25) is 4.79 Å². The van der Waals surface area contributed by atoms with Gasteiger partial charge in [0.15, 0.2) is 17.3 Å². The number of ketones is 1. The van der Waals surface area contributed by atoms with Crippen molar-refractivity contribution < 1.29 is 23.7 Å². The molecule has 0 heterocycles. The topological polar surface area (TPSA) is 54.0 Å². The van der Waals surface area contributed by atoms with E-state index in [1.54, 1.807) is 13.2 Å². The molecule has 114 valence electrons. The molecule has 1 unspecified atom stereocenters. The summed E-state index contributed by atoms with van der Waals surface area (Å²) in [4.78, 5) is 12.5. The lowest BCUT2D eigenvalue weighted by Crippen LogP contribution is -2.15. The van der Waals surface area contributed by atoms with Crippen molar-refractivity contribution in [3.63, 3.8) is 0 Å². The molecule has 1 aromatic carbocycles. The molecule has 0 radical (unpaired) electrons. The Labute approximate surface area is 132 Å². The minimum atomic E-state index is -0.313. The smallest absolute Gasteiger partial charge is 0.203 e. The molecule has 0 aromatic heterocycles. The molecular formula is C15H17BrO5. The first-order chi connectivity index (χ1) is 10.1. The fraction of sp³-hybridized carbons (Fsp3) is 0.400. The highest BCUT2D eigenvalue weighted by Crippen LogP contribution is 2.45. The van der Waals surface area contributed by atoms with E-state index >= 15 is 0 Å². The van der Waals surface area contributed by atoms with Gasteiger partial charge < -0.3 is 18.9 Å². The Hall–Kier alpha value is -1.53. The maximum atomic E-state index is 12.5. The number of Topliss-reactive ketones (excluding diaryl/α,β-unsaturated/α-hetero) is 1. The van der Waals surface area contributed by atoms with E-state index in [0.717, 1.165) is 4.48 Å². The minimum absolute atomic E-state index is 0.0400. The summed E-state index contributed by atoms with van der Waals surface area (Å²) in [6.07, 6.45) is 1.76. The molecule has 21 heavy (non-hydrogen) atoms. The molecule has 0 saturated heterocycles. The monoisotopic (exact) mass is 356 g/mol. The summed E-state index contributed by atoms with van der Waals surface area (Å²) in [5.41, 5.74) is 1.19. The predicted octanol–water partition coefficient (Wildman–Crippen LogP) is 3.05. The van der Waals surface area contributed by atoms with Crippen LogP contribution in [-0.4, -0.2) is 40.3 Å². The number of methoxy groups -OCH3 is 4. The highest BCUT2D eigenvalue weighted by molar-refractivity contribution is 9.11. The van der Waals surface area contributed by atoms with Gasteiger partial charge >= 0.3 is 0 Å². The number of halogens is 1. The zero-order valence-electron chi connectivity index (χ0n) is 12.4. The molecule has 5 nitrogen and oxygen atoms in total. The number of rotatable bonds is 4. The summed E-state index contributed by atoms with van der Waals surface area (Å²) in [5.74, 6) is 1.34. The van der Waals surface area contributed by atoms with E-state index in [1.807, 2.05) is 6.08 Å². The van der Waals surface area contributed by atoms with Crippen molar-refractivity contribution >= 4 is 27.8 Å². The lowest BCUT2D eigenvalue weighted by Gasteiger charge is -2.16. The van der Waals surface area contributed by atoms with Gasteiger partial charge in [0.25, 0.3) is 0 Å². The van der Waals surface area contributed by atoms with Crippen LogP contribution in [0.15, 0.2) is 10.5 Å². The number of carbonyl (C=O) groups is 1. The van der Waals surface area contributed by atoms with Crippen LogP contribution in [0.5, 0.6) is 17.2 Å². The van der Waals surface area contributed by atoms with Crippen LogP contribution in [0.25, 0.3) is 6.08 Å².